The summed E-state index contributed by atoms with van der Waals surface area (Å²) in [6, 6.07) is 8.35. The Bertz CT molecular complexity index is 466. The molecule has 96 valence electrons. The minimum absolute atomic E-state index is 0.00206. The van der Waals surface area contributed by atoms with E-state index in [2.05, 4.69) is 43.1 Å². The minimum Gasteiger partial charge on any atom is -0.384 e. The molecule has 0 saturated heterocycles. The maximum atomic E-state index is 10.4. The summed E-state index contributed by atoms with van der Waals surface area (Å²) >= 11 is 0. The molecule has 1 aromatic carbocycles. The molecule has 1 saturated carbocycles. The molecule has 0 bridgehead atoms. The zero-order valence-corrected chi connectivity index (χ0v) is 11.2. The van der Waals surface area contributed by atoms with E-state index in [9.17, 15) is 4.79 Å². The van der Waals surface area contributed by atoms with Gasteiger partial charge in [0.25, 0.3) is 0 Å². The van der Waals surface area contributed by atoms with Crippen molar-refractivity contribution >= 4 is 6.08 Å². The minimum atomic E-state index is -0.272. The molecule has 2 rings (SSSR count). The molecule has 0 aliphatic heterocycles. The Morgan fingerprint density at radius 3 is 2.39 bits per heavy atom. The highest BCUT2D eigenvalue weighted by molar-refractivity contribution is 5.42. The van der Waals surface area contributed by atoms with E-state index < -0.39 is 0 Å². The van der Waals surface area contributed by atoms with Gasteiger partial charge in [0.1, 0.15) is 0 Å². The quantitative estimate of drug-likeness (QED) is 0.591. The monoisotopic (exact) mass is 245 g/mol. The number of aliphatic imine (C=N–C) groups is 1. The molecular weight excluding hydrogens is 226 g/mol. The molecule has 0 unspecified atom stereocenters. The van der Waals surface area contributed by atoms with Gasteiger partial charge in [0.05, 0.1) is 12.1 Å². The SMILES string of the molecule is COCC(C)(C)c1ccc(C2(N=C=O)CC2)cc1. The number of hydrogen-bond acceptors (Lipinski definition) is 3. The van der Waals surface area contributed by atoms with Crippen molar-refractivity contribution in [1.29, 1.82) is 0 Å². The Kier molecular flexibility index (Phi) is 3.38. The van der Waals surface area contributed by atoms with Crippen molar-refractivity contribution in [3.8, 4) is 0 Å². The average Bonchev–Trinajstić information content (AvgIpc) is 3.11. The van der Waals surface area contributed by atoms with E-state index in [1.54, 1.807) is 13.2 Å². The van der Waals surface area contributed by atoms with E-state index in [0.717, 1.165) is 18.4 Å². The van der Waals surface area contributed by atoms with Gasteiger partial charge in [-0.15, -0.1) is 0 Å². The van der Waals surface area contributed by atoms with E-state index >= 15 is 0 Å². The van der Waals surface area contributed by atoms with Gasteiger partial charge in [-0.25, -0.2) is 4.79 Å². The van der Waals surface area contributed by atoms with E-state index in [1.807, 2.05) is 0 Å². The number of ether oxygens (including phenoxy) is 1. The fourth-order valence-corrected chi connectivity index (χ4v) is 2.35. The summed E-state index contributed by atoms with van der Waals surface area (Å²) in [4.78, 5) is 14.4. The number of methoxy groups -OCH3 is 1. The van der Waals surface area contributed by atoms with Crippen LogP contribution in [0.25, 0.3) is 0 Å². The first-order valence-electron chi connectivity index (χ1n) is 6.23. The molecule has 0 heterocycles. The first-order valence-corrected chi connectivity index (χ1v) is 6.23. The third-order valence-electron chi connectivity index (χ3n) is 3.69. The molecule has 18 heavy (non-hydrogen) atoms. The summed E-state index contributed by atoms with van der Waals surface area (Å²) in [5.74, 6) is 0. The predicted molar refractivity (Wildman–Crippen MR) is 70.4 cm³/mol. The molecule has 1 aliphatic carbocycles. The Balaban J connectivity index is 2.23. The molecule has 0 N–H and O–H groups in total. The van der Waals surface area contributed by atoms with Crippen molar-refractivity contribution in [3.63, 3.8) is 0 Å². The maximum absolute atomic E-state index is 10.4. The molecule has 0 aromatic heterocycles. The first kappa shape index (κ1) is 13.0. The second-order valence-electron chi connectivity index (χ2n) is 5.63. The smallest absolute Gasteiger partial charge is 0.235 e. The van der Waals surface area contributed by atoms with Crippen molar-refractivity contribution in [1.82, 2.24) is 0 Å². The van der Waals surface area contributed by atoms with Gasteiger partial charge in [-0.2, -0.15) is 4.99 Å². The van der Waals surface area contributed by atoms with Crippen molar-refractivity contribution in [2.45, 2.75) is 37.6 Å². The van der Waals surface area contributed by atoms with Crippen LogP contribution in [0.15, 0.2) is 29.3 Å². The highest BCUT2D eigenvalue weighted by Crippen LogP contribution is 2.49. The lowest BCUT2D eigenvalue weighted by molar-refractivity contribution is 0.146. The second-order valence-corrected chi connectivity index (χ2v) is 5.63. The van der Waals surface area contributed by atoms with Gasteiger partial charge in [0.2, 0.25) is 6.08 Å². The van der Waals surface area contributed by atoms with Crippen LogP contribution in [0, 0.1) is 0 Å². The molecule has 3 heteroatoms. The van der Waals surface area contributed by atoms with E-state index in [4.69, 9.17) is 4.74 Å². The van der Waals surface area contributed by atoms with Crippen LogP contribution in [0.1, 0.15) is 37.8 Å². The Morgan fingerprint density at radius 2 is 1.94 bits per heavy atom. The van der Waals surface area contributed by atoms with Crippen molar-refractivity contribution in [3.05, 3.63) is 35.4 Å². The van der Waals surface area contributed by atoms with E-state index in [-0.39, 0.29) is 11.0 Å². The molecule has 0 spiro atoms. The normalized spacial score (nSPS) is 17.1. The van der Waals surface area contributed by atoms with Gasteiger partial charge >= 0.3 is 0 Å². The summed E-state index contributed by atoms with van der Waals surface area (Å²) in [6.07, 6.45) is 3.58. The lowest BCUT2D eigenvalue weighted by Gasteiger charge is -2.24. The zero-order valence-electron chi connectivity index (χ0n) is 11.2. The Morgan fingerprint density at radius 1 is 1.33 bits per heavy atom. The number of carbonyl (C=O) groups excluding carboxylic acids is 1. The largest absolute Gasteiger partial charge is 0.384 e. The molecule has 1 fully saturated rings. The molecule has 3 nitrogen and oxygen atoms in total. The van der Waals surface area contributed by atoms with Crippen LogP contribution in [-0.2, 0) is 20.5 Å². The molecule has 1 aliphatic rings. The standard InChI is InChI=1S/C15H19NO2/c1-14(2,10-18-3)12-4-6-13(7-5-12)15(8-9-15)16-11-17/h4-7H,8-10H2,1-3H3. The summed E-state index contributed by atoms with van der Waals surface area (Å²) in [6.45, 7) is 4.99. The van der Waals surface area contributed by atoms with Crippen molar-refractivity contribution in [2.24, 2.45) is 4.99 Å². The van der Waals surface area contributed by atoms with Crippen LogP contribution in [-0.4, -0.2) is 19.8 Å². The van der Waals surface area contributed by atoms with Crippen LogP contribution >= 0.6 is 0 Å². The second kappa shape index (κ2) is 4.68. The topological polar surface area (TPSA) is 38.7 Å². The summed E-state index contributed by atoms with van der Waals surface area (Å²) in [7, 11) is 1.72. The number of rotatable bonds is 5. The van der Waals surface area contributed by atoms with Gasteiger partial charge in [-0.05, 0) is 24.0 Å². The van der Waals surface area contributed by atoms with Gasteiger partial charge in [-0.1, -0.05) is 38.1 Å². The van der Waals surface area contributed by atoms with Crippen molar-refractivity contribution < 1.29 is 9.53 Å². The summed E-state index contributed by atoms with van der Waals surface area (Å²) in [5, 5.41) is 0. The maximum Gasteiger partial charge on any atom is 0.235 e. The van der Waals surface area contributed by atoms with E-state index in [0.29, 0.717) is 6.61 Å². The van der Waals surface area contributed by atoms with E-state index in [1.165, 1.54) is 5.56 Å². The highest BCUT2D eigenvalue weighted by Gasteiger charge is 2.44. The highest BCUT2D eigenvalue weighted by atomic mass is 16.5. The molecular formula is C15H19NO2. The van der Waals surface area contributed by atoms with Crippen LogP contribution in [0.4, 0.5) is 0 Å². The third-order valence-corrected chi connectivity index (χ3v) is 3.69. The number of isocyanates is 1. The predicted octanol–water partition coefficient (Wildman–Crippen LogP) is 2.94. The van der Waals surface area contributed by atoms with Crippen LogP contribution in [0.5, 0.6) is 0 Å². The van der Waals surface area contributed by atoms with Gasteiger partial charge in [0, 0.05) is 12.5 Å². The Labute approximate surface area is 108 Å². The van der Waals surface area contributed by atoms with Crippen LogP contribution in [0.2, 0.25) is 0 Å². The molecule has 1 aromatic rings. The van der Waals surface area contributed by atoms with Crippen LogP contribution < -0.4 is 0 Å². The first-order chi connectivity index (χ1) is 8.54. The average molecular weight is 245 g/mol. The summed E-state index contributed by atoms with van der Waals surface area (Å²) in [5.41, 5.74) is 2.07. The van der Waals surface area contributed by atoms with Gasteiger partial charge in [-0.3, -0.25) is 0 Å². The lowest BCUT2D eigenvalue weighted by atomic mass is 9.84. The van der Waals surface area contributed by atoms with Crippen molar-refractivity contribution in [2.75, 3.05) is 13.7 Å². The molecule has 0 atom stereocenters. The van der Waals surface area contributed by atoms with Gasteiger partial charge < -0.3 is 4.74 Å². The third kappa shape index (κ3) is 2.38. The number of nitrogens with zero attached hydrogens (tertiary/aromatic N) is 1. The van der Waals surface area contributed by atoms with Crippen LogP contribution in [0.3, 0.4) is 0 Å². The molecule has 0 amide bonds. The fraction of sp³-hybridized carbons (Fsp3) is 0.533. The Hall–Kier alpha value is -1.44. The number of benzene rings is 1. The zero-order chi connectivity index (χ0) is 13.2. The van der Waals surface area contributed by atoms with Gasteiger partial charge in [0.15, 0.2) is 0 Å². The molecule has 0 radical (unpaired) electrons. The lowest BCUT2D eigenvalue weighted by Crippen LogP contribution is -2.23. The fourth-order valence-electron chi connectivity index (χ4n) is 2.35. The number of hydrogen-bond donors (Lipinski definition) is 0. The summed E-state index contributed by atoms with van der Waals surface area (Å²) < 4.78 is 5.24.